The number of nitrogens with zero attached hydrogens (tertiary/aromatic N) is 1. The van der Waals surface area contributed by atoms with Crippen molar-refractivity contribution in [1.29, 1.82) is 0 Å². The lowest BCUT2D eigenvalue weighted by Crippen LogP contribution is -2.34. The van der Waals surface area contributed by atoms with Crippen LogP contribution in [-0.2, 0) is 4.74 Å². The number of ether oxygens (including phenoxy) is 2. The van der Waals surface area contributed by atoms with Crippen molar-refractivity contribution in [3.05, 3.63) is 64.8 Å². The predicted octanol–water partition coefficient (Wildman–Crippen LogP) is 6.62. The van der Waals surface area contributed by atoms with E-state index in [1.807, 2.05) is 32.9 Å². The van der Waals surface area contributed by atoms with Crippen LogP contribution in [0.25, 0.3) is 11.3 Å². The van der Waals surface area contributed by atoms with E-state index in [0.29, 0.717) is 27.8 Å². The summed E-state index contributed by atoms with van der Waals surface area (Å²) >= 11 is 6.29. The third-order valence-electron chi connectivity index (χ3n) is 4.72. The van der Waals surface area contributed by atoms with Crippen molar-refractivity contribution in [3.8, 4) is 17.1 Å². The van der Waals surface area contributed by atoms with E-state index in [0.717, 1.165) is 5.56 Å². The second kappa shape index (κ2) is 10.8. The summed E-state index contributed by atoms with van der Waals surface area (Å²) in [5, 5.41) is 9.88. The van der Waals surface area contributed by atoms with Crippen molar-refractivity contribution in [3.63, 3.8) is 0 Å². The van der Waals surface area contributed by atoms with Gasteiger partial charge in [-0.3, -0.25) is 4.79 Å². The van der Waals surface area contributed by atoms with E-state index in [4.69, 9.17) is 25.6 Å². The Bertz CT molecular complexity index is 1180. The highest BCUT2D eigenvalue weighted by molar-refractivity contribution is 6.32. The minimum Gasteiger partial charge on any atom is -0.489 e. The van der Waals surface area contributed by atoms with Gasteiger partial charge in [-0.15, -0.1) is 0 Å². The number of benzene rings is 2. The van der Waals surface area contributed by atoms with E-state index >= 15 is 0 Å². The van der Waals surface area contributed by atoms with Gasteiger partial charge in [-0.25, -0.2) is 4.79 Å². The molecule has 0 aliphatic rings. The first kappa shape index (κ1) is 26.1. The number of anilines is 1. The molecule has 2 amide bonds. The third kappa shape index (κ3) is 7.48. The molecule has 0 aliphatic carbocycles. The number of hydrogen-bond donors (Lipinski definition) is 2. The maximum absolute atomic E-state index is 12.6. The Morgan fingerprint density at radius 3 is 2.31 bits per heavy atom. The molecule has 8 nitrogen and oxygen atoms in total. The van der Waals surface area contributed by atoms with Gasteiger partial charge in [0.05, 0.1) is 17.2 Å². The van der Waals surface area contributed by atoms with Crippen LogP contribution in [-0.4, -0.2) is 28.9 Å². The fourth-order valence-corrected chi connectivity index (χ4v) is 3.36. The molecule has 35 heavy (non-hydrogen) atoms. The highest BCUT2D eigenvalue weighted by Gasteiger charge is 2.19. The van der Waals surface area contributed by atoms with Gasteiger partial charge in [0.25, 0.3) is 5.91 Å². The molecule has 186 valence electrons. The summed E-state index contributed by atoms with van der Waals surface area (Å²) in [5.41, 5.74) is 1.66. The molecular formula is C26H30ClN3O5. The molecule has 0 spiro atoms. The molecule has 1 heterocycles. The number of halogens is 1. The van der Waals surface area contributed by atoms with E-state index in [2.05, 4.69) is 15.8 Å². The molecule has 1 atom stereocenters. The smallest absolute Gasteiger partial charge is 0.408 e. The molecule has 0 saturated carbocycles. The minimum atomic E-state index is -0.573. The molecule has 0 bridgehead atoms. The van der Waals surface area contributed by atoms with Crippen LogP contribution in [0.2, 0.25) is 5.02 Å². The normalized spacial score (nSPS) is 12.2. The molecule has 2 aromatic carbocycles. The van der Waals surface area contributed by atoms with Crippen LogP contribution in [0.3, 0.4) is 0 Å². The SMILES string of the molecule is CC(C)Oc1ccc(-c2cc(C(=O)Nc3ccc(C(C)NC(=O)OC(C)(C)C)cc3)no2)cc1Cl. The quantitative estimate of drug-likeness (QED) is 0.378. The Labute approximate surface area is 209 Å². The Morgan fingerprint density at radius 1 is 1.03 bits per heavy atom. The minimum absolute atomic E-state index is 0.00237. The molecule has 9 heteroatoms. The van der Waals surface area contributed by atoms with E-state index in [1.54, 1.807) is 57.2 Å². The van der Waals surface area contributed by atoms with Crippen LogP contribution in [0, 0.1) is 0 Å². The maximum atomic E-state index is 12.6. The molecule has 0 saturated heterocycles. The van der Waals surface area contributed by atoms with Gasteiger partial charge in [0.15, 0.2) is 11.5 Å². The fraction of sp³-hybridized carbons (Fsp3) is 0.346. The average molecular weight is 500 g/mol. The van der Waals surface area contributed by atoms with Crippen LogP contribution in [0.1, 0.15) is 63.6 Å². The summed E-state index contributed by atoms with van der Waals surface area (Å²) in [4.78, 5) is 24.6. The van der Waals surface area contributed by atoms with Gasteiger partial charge in [-0.2, -0.15) is 0 Å². The van der Waals surface area contributed by atoms with Gasteiger partial charge >= 0.3 is 6.09 Å². The zero-order chi connectivity index (χ0) is 25.8. The number of aromatic nitrogens is 1. The Balaban J connectivity index is 1.62. The van der Waals surface area contributed by atoms with Gasteiger partial charge < -0.3 is 24.6 Å². The van der Waals surface area contributed by atoms with E-state index in [-0.39, 0.29) is 17.8 Å². The van der Waals surface area contributed by atoms with Gasteiger partial charge in [0.2, 0.25) is 0 Å². The van der Waals surface area contributed by atoms with E-state index < -0.39 is 17.6 Å². The molecule has 1 aromatic heterocycles. The van der Waals surface area contributed by atoms with E-state index in [9.17, 15) is 9.59 Å². The van der Waals surface area contributed by atoms with Crippen molar-refractivity contribution in [2.24, 2.45) is 0 Å². The number of carbonyl (C=O) groups is 2. The fourth-order valence-electron chi connectivity index (χ4n) is 3.14. The first-order valence-corrected chi connectivity index (χ1v) is 11.6. The lowest BCUT2D eigenvalue weighted by molar-refractivity contribution is 0.0507. The molecule has 3 aromatic rings. The molecule has 0 aliphatic heterocycles. The molecule has 1 unspecified atom stereocenters. The van der Waals surface area contributed by atoms with Crippen molar-refractivity contribution in [1.82, 2.24) is 10.5 Å². The number of carbonyl (C=O) groups excluding carboxylic acids is 2. The van der Waals surface area contributed by atoms with Gasteiger partial charge in [0.1, 0.15) is 11.4 Å². The topological polar surface area (TPSA) is 103 Å². The third-order valence-corrected chi connectivity index (χ3v) is 5.02. The standard InChI is InChI=1S/C26H30ClN3O5/c1-15(2)33-22-12-9-18(13-20(22)27)23-14-21(30-35-23)24(31)29-19-10-7-17(8-11-19)16(3)28-25(32)34-26(4,5)6/h7-16H,1-6H3,(H,28,32)(H,29,31). The molecule has 0 fully saturated rings. The summed E-state index contributed by atoms with van der Waals surface area (Å²) in [6, 6.07) is 13.6. The first-order chi connectivity index (χ1) is 16.4. The van der Waals surface area contributed by atoms with Crippen molar-refractivity contribution < 1.29 is 23.6 Å². The van der Waals surface area contributed by atoms with Crippen LogP contribution in [0.15, 0.2) is 53.1 Å². The van der Waals surface area contributed by atoms with Gasteiger partial charge in [0, 0.05) is 17.3 Å². The Morgan fingerprint density at radius 2 is 1.71 bits per heavy atom. The summed E-state index contributed by atoms with van der Waals surface area (Å²) in [6.07, 6.45) is -0.495. The molecule has 2 N–H and O–H groups in total. The van der Waals surface area contributed by atoms with Crippen LogP contribution >= 0.6 is 11.6 Å². The molecular weight excluding hydrogens is 470 g/mol. The number of rotatable bonds is 7. The van der Waals surface area contributed by atoms with Crippen molar-refractivity contribution >= 4 is 29.3 Å². The van der Waals surface area contributed by atoms with Crippen molar-refractivity contribution in [2.45, 2.75) is 59.3 Å². The first-order valence-electron chi connectivity index (χ1n) is 11.3. The summed E-state index contributed by atoms with van der Waals surface area (Å²) < 4.78 is 16.3. The summed E-state index contributed by atoms with van der Waals surface area (Å²) in [7, 11) is 0. The molecule has 3 rings (SSSR count). The number of amides is 2. The lowest BCUT2D eigenvalue weighted by atomic mass is 10.1. The van der Waals surface area contributed by atoms with Crippen LogP contribution in [0.5, 0.6) is 5.75 Å². The van der Waals surface area contributed by atoms with Crippen LogP contribution in [0.4, 0.5) is 10.5 Å². The molecule has 0 radical (unpaired) electrons. The van der Waals surface area contributed by atoms with Gasteiger partial charge in [-0.1, -0.05) is 28.9 Å². The summed E-state index contributed by atoms with van der Waals surface area (Å²) in [6.45, 7) is 11.1. The largest absolute Gasteiger partial charge is 0.489 e. The Hall–Kier alpha value is -3.52. The van der Waals surface area contributed by atoms with Crippen molar-refractivity contribution in [2.75, 3.05) is 5.32 Å². The van der Waals surface area contributed by atoms with Gasteiger partial charge in [-0.05, 0) is 77.4 Å². The lowest BCUT2D eigenvalue weighted by Gasteiger charge is -2.22. The monoisotopic (exact) mass is 499 g/mol. The number of alkyl carbamates (subject to hydrolysis) is 1. The zero-order valence-electron chi connectivity index (χ0n) is 20.6. The highest BCUT2D eigenvalue weighted by Crippen LogP contribution is 2.31. The predicted molar refractivity (Wildman–Crippen MR) is 135 cm³/mol. The zero-order valence-corrected chi connectivity index (χ0v) is 21.4. The second-order valence-electron chi connectivity index (χ2n) is 9.33. The Kier molecular flexibility index (Phi) is 8.07. The summed E-state index contributed by atoms with van der Waals surface area (Å²) in [5.74, 6) is 0.561. The van der Waals surface area contributed by atoms with E-state index in [1.165, 1.54) is 0 Å². The second-order valence-corrected chi connectivity index (χ2v) is 9.74. The van der Waals surface area contributed by atoms with Crippen LogP contribution < -0.4 is 15.4 Å². The average Bonchev–Trinajstić information content (AvgIpc) is 3.24. The number of hydrogen-bond acceptors (Lipinski definition) is 6. The maximum Gasteiger partial charge on any atom is 0.408 e. The number of nitrogens with one attached hydrogen (secondary N) is 2. The highest BCUT2D eigenvalue weighted by atomic mass is 35.5.